The molecule has 0 saturated carbocycles. The highest BCUT2D eigenvalue weighted by Crippen LogP contribution is 2.36. The molecule has 0 bridgehead atoms. The van der Waals surface area contributed by atoms with Crippen LogP contribution < -0.4 is 5.64 Å². The highest BCUT2D eigenvalue weighted by molar-refractivity contribution is 6.35. The summed E-state index contributed by atoms with van der Waals surface area (Å²) in [7, 11) is 0.870. The van der Waals surface area contributed by atoms with Gasteiger partial charge in [-0.25, -0.2) is 0 Å². The molecule has 0 aromatic carbocycles. The summed E-state index contributed by atoms with van der Waals surface area (Å²) in [6, 6.07) is 0. The van der Waals surface area contributed by atoms with E-state index in [-0.39, 0.29) is 0 Å². The van der Waals surface area contributed by atoms with Gasteiger partial charge in [0.2, 0.25) is 7.41 Å². The molecule has 0 aliphatic carbocycles. The summed E-state index contributed by atoms with van der Waals surface area (Å²) in [4.78, 5) is 0. The van der Waals surface area contributed by atoms with E-state index in [0.29, 0.717) is 5.31 Å². The molecule has 0 radical (unpaired) electrons. The largest absolute Gasteiger partial charge is 0.372 e. The number of hydrogen-bond acceptors (Lipinski definition) is 1. The number of rotatable bonds is 13. The van der Waals surface area contributed by atoms with Crippen LogP contribution in [0.4, 0.5) is 0 Å². The zero-order valence-corrected chi connectivity index (χ0v) is 13.3. The van der Waals surface area contributed by atoms with Crippen LogP contribution in [-0.4, -0.2) is 7.41 Å². The van der Waals surface area contributed by atoms with E-state index in [1.54, 1.807) is 0 Å². The Hall–Kier alpha value is 0.0249. The van der Waals surface area contributed by atoms with E-state index < -0.39 is 0 Å². The van der Waals surface area contributed by atoms with Gasteiger partial charge in [0.1, 0.15) is 0 Å². The van der Waals surface area contributed by atoms with Crippen molar-refractivity contribution in [2.24, 2.45) is 5.64 Å². The predicted molar refractivity (Wildman–Crippen MR) is 86.5 cm³/mol. The SMILES string of the molecule is CCCCCCCC(C)(BN)CCCCCCC. The Kier molecular flexibility index (Phi) is 12.1. The molecule has 0 saturated heterocycles. The fourth-order valence-electron chi connectivity index (χ4n) is 2.64. The molecule has 0 unspecified atom stereocenters. The van der Waals surface area contributed by atoms with Crippen molar-refractivity contribution >= 4 is 7.41 Å². The molecule has 1 nitrogen and oxygen atoms in total. The molecule has 0 spiro atoms. The van der Waals surface area contributed by atoms with E-state index in [1.165, 1.54) is 77.0 Å². The highest BCUT2D eigenvalue weighted by atomic mass is 14.4. The van der Waals surface area contributed by atoms with E-state index >= 15 is 0 Å². The average molecular weight is 253 g/mol. The Labute approximate surface area is 117 Å². The van der Waals surface area contributed by atoms with Gasteiger partial charge in [-0.3, -0.25) is 0 Å². The Morgan fingerprint density at radius 2 is 1.11 bits per heavy atom. The smallest absolute Gasteiger partial charge is 0.204 e. The Balaban J connectivity index is 3.60. The minimum Gasteiger partial charge on any atom is -0.372 e. The average Bonchev–Trinajstić information content (AvgIpc) is 2.38. The Morgan fingerprint density at radius 3 is 1.44 bits per heavy atom. The van der Waals surface area contributed by atoms with Gasteiger partial charge in [-0.1, -0.05) is 97.8 Å². The molecule has 108 valence electrons. The Bertz CT molecular complexity index is 156. The number of unbranched alkanes of at least 4 members (excludes halogenated alkanes) is 8. The third-order valence-electron chi connectivity index (χ3n) is 4.26. The van der Waals surface area contributed by atoms with Gasteiger partial charge in [0.05, 0.1) is 0 Å². The van der Waals surface area contributed by atoms with Crippen molar-refractivity contribution in [2.45, 2.75) is 103 Å². The van der Waals surface area contributed by atoms with Crippen LogP contribution in [0.1, 0.15) is 97.8 Å². The summed E-state index contributed by atoms with van der Waals surface area (Å²) in [6.45, 7) is 6.95. The summed E-state index contributed by atoms with van der Waals surface area (Å²) in [6.07, 6.45) is 16.5. The molecule has 0 atom stereocenters. The third kappa shape index (κ3) is 9.99. The topological polar surface area (TPSA) is 26.0 Å². The van der Waals surface area contributed by atoms with Crippen LogP contribution in [0.25, 0.3) is 0 Å². The third-order valence-corrected chi connectivity index (χ3v) is 4.26. The lowest BCUT2D eigenvalue weighted by Crippen LogP contribution is -2.24. The lowest BCUT2D eigenvalue weighted by molar-refractivity contribution is 0.446. The van der Waals surface area contributed by atoms with Crippen molar-refractivity contribution in [3.05, 3.63) is 0 Å². The zero-order chi connectivity index (χ0) is 13.7. The summed E-state index contributed by atoms with van der Waals surface area (Å²) < 4.78 is 0. The molecule has 0 fully saturated rings. The molecular weight excluding hydrogens is 217 g/mol. The van der Waals surface area contributed by atoms with Crippen molar-refractivity contribution in [1.82, 2.24) is 0 Å². The van der Waals surface area contributed by atoms with Gasteiger partial charge in [-0.15, -0.1) is 0 Å². The van der Waals surface area contributed by atoms with Gasteiger partial charge < -0.3 is 5.64 Å². The zero-order valence-electron chi connectivity index (χ0n) is 13.3. The molecule has 2 heteroatoms. The van der Waals surface area contributed by atoms with Crippen molar-refractivity contribution in [3.63, 3.8) is 0 Å². The molecule has 0 aromatic heterocycles. The summed E-state index contributed by atoms with van der Waals surface area (Å²) >= 11 is 0. The molecule has 0 aliphatic rings. The minimum absolute atomic E-state index is 0.415. The first-order valence-electron chi connectivity index (χ1n) is 8.38. The second-order valence-electron chi connectivity index (χ2n) is 6.34. The van der Waals surface area contributed by atoms with Crippen LogP contribution in [0.5, 0.6) is 0 Å². The van der Waals surface area contributed by atoms with Crippen LogP contribution in [0.2, 0.25) is 5.31 Å². The van der Waals surface area contributed by atoms with E-state index in [1.807, 2.05) is 0 Å². The van der Waals surface area contributed by atoms with Crippen LogP contribution in [0.15, 0.2) is 0 Å². The maximum Gasteiger partial charge on any atom is 0.204 e. The van der Waals surface area contributed by atoms with E-state index in [9.17, 15) is 0 Å². The summed E-state index contributed by atoms with van der Waals surface area (Å²) in [5.41, 5.74) is 5.99. The van der Waals surface area contributed by atoms with Crippen LogP contribution in [0, 0.1) is 0 Å². The standard InChI is InChI=1S/C16H36BN/c1-4-6-8-10-12-14-16(3,17-18)15-13-11-9-7-5-2/h17H,4-15,18H2,1-3H3. The number of hydrogen-bond donors (Lipinski definition) is 1. The van der Waals surface area contributed by atoms with Crippen LogP contribution in [-0.2, 0) is 0 Å². The van der Waals surface area contributed by atoms with E-state index in [4.69, 9.17) is 5.64 Å². The Morgan fingerprint density at radius 1 is 0.722 bits per heavy atom. The van der Waals surface area contributed by atoms with E-state index in [0.717, 1.165) is 7.41 Å². The molecule has 0 heterocycles. The van der Waals surface area contributed by atoms with Gasteiger partial charge in [-0.05, 0) is 5.31 Å². The maximum atomic E-state index is 5.99. The summed E-state index contributed by atoms with van der Waals surface area (Å²) in [5, 5.41) is 0.415. The molecule has 0 aliphatic heterocycles. The van der Waals surface area contributed by atoms with Gasteiger partial charge in [0.15, 0.2) is 0 Å². The molecule has 18 heavy (non-hydrogen) atoms. The van der Waals surface area contributed by atoms with E-state index in [2.05, 4.69) is 20.8 Å². The van der Waals surface area contributed by atoms with Crippen molar-refractivity contribution in [2.75, 3.05) is 0 Å². The molecule has 0 rings (SSSR count). The lowest BCUT2D eigenvalue weighted by Gasteiger charge is -2.27. The lowest BCUT2D eigenvalue weighted by atomic mass is 9.57. The molecule has 0 amide bonds. The monoisotopic (exact) mass is 253 g/mol. The molecule has 0 aromatic rings. The van der Waals surface area contributed by atoms with Crippen molar-refractivity contribution < 1.29 is 0 Å². The van der Waals surface area contributed by atoms with Gasteiger partial charge in [0, 0.05) is 0 Å². The van der Waals surface area contributed by atoms with Gasteiger partial charge in [0.25, 0.3) is 0 Å². The van der Waals surface area contributed by atoms with Gasteiger partial charge in [-0.2, -0.15) is 0 Å². The first-order valence-corrected chi connectivity index (χ1v) is 8.38. The fraction of sp³-hybridized carbons (Fsp3) is 1.00. The summed E-state index contributed by atoms with van der Waals surface area (Å²) in [5.74, 6) is 0. The quantitative estimate of drug-likeness (QED) is 0.354. The highest BCUT2D eigenvalue weighted by Gasteiger charge is 2.22. The normalized spacial score (nSPS) is 11.8. The van der Waals surface area contributed by atoms with Crippen LogP contribution in [0.3, 0.4) is 0 Å². The predicted octanol–water partition coefficient (Wildman–Crippen LogP) is 5.20. The molecular formula is C16H36BN. The maximum absolute atomic E-state index is 5.99. The number of nitrogens with two attached hydrogens (primary N) is 1. The second kappa shape index (κ2) is 12.1. The van der Waals surface area contributed by atoms with Gasteiger partial charge >= 0.3 is 0 Å². The van der Waals surface area contributed by atoms with Crippen LogP contribution >= 0.6 is 0 Å². The molecule has 2 N–H and O–H groups in total. The first kappa shape index (κ1) is 18.0. The van der Waals surface area contributed by atoms with Crippen molar-refractivity contribution in [1.29, 1.82) is 0 Å². The van der Waals surface area contributed by atoms with Crippen molar-refractivity contribution in [3.8, 4) is 0 Å². The first-order chi connectivity index (χ1) is 8.68. The minimum atomic E-state index is 0.415. The second-order valence-corrected chi connectivity index (χ2v) is 6.34. The fourth-order valence-corrected chi connectivity index (χ4v) is 2.64.